The van der Waals surface area contributed by atoms with E-state index in [0.717, 1.165) is 24.2 Å². The van der Waals surface area contributed by atoms with Gasteiger partial charge >= 0.3 is 0 Å². The predicted molar refractivity (Wildman–Crippen MR) is 86.2 cm³/mol. The lowest BCUT2D eigenvalue weighted by atomic mass is 9.91. The lowest BCUT2D eigenvalue weighted by Gasteiger charge is -2.15. The Balaban J connectivity index is 0.00000180. The van der Waals surface area contributed by atoms with E-state index in [0.29, 0.717) is 0 Å². The monoisotopic (exact) mass is 256 g/mol. The fourth-order valence-corrected chi connectivity index (χ4v) is 2.47. The van der Waals surface area contributed by atoms with E-state index in [4.69, 9.17) is 11.5 Å². The SMILES string of the molecule is C.CCc1c(N)ccc(-c2ccc(N)cc2)c1CC. The van der Waals surface area contributed by atoms with Gasteiger partial charge in [0.15, 0.2) is 0 Å². The van der Waals surface area contributed by atoms with E-state index in [2.05, 4.69) is 32.0 Å². The Bertz CT molecular complexity index is 542. The molecule has 4 N–H and O–H groups in total. The van der Waals surface area contributed by atoms with Gasteiger partial charge in [-0.05, 0) is 53.3 Å². The van der Waals surface area contributed by atoms with Crippen LogP contribution in [0.15, 0.2) is 36.4 Å². The van der Waals surface area contributed by atoms with Crippen LogP contribution in [0.25, 0.3) is 11.1 Å². The van der Waals surface area contributed by atoms with E-state index in [1.54, 1.807) is 0 Å². The minimum absolute atomic E-state index is 0. The lowest BCUT2D eigenvalue weighted by Crippen LogP contribution is -2.00. The predicted octanol–water partition coefficient (Wildman–Crippen LogP) is 4.28. The van der Waals surface area contributed by atoms with Gasteiger partial charge in [-0.15, -0.1) is 0 Å². The number of benzene rings is 2. The first kappa shape index (κ1) is 15.1. The number of rotatable bonds is 3. The van der Waals surface area contributed by atoms with Gasteiger partial charge in [0.25, 0.3) is 0 Å². The van der Waals surface area contributed by atoms with E-state index in [9.17, 15) is 0 Å². The van der Waals surface area contributed by atoms with E-state index >= 15 is 0 Å². The highest BCUT2D eigenvalue weighted by molar-refractivity contribution is 5.73. The molecule has 0 atom stereocenters. The highest BCUT2D eigenvalue weighted by Gasteiger charge is 2.10. The molecule has 0 saturated carbocycles. The molecule has 0 saturated heterocycles. The van der Waals surface area contributed by atoms with E-state index in [-0.39, 0.29) is 7.43 Å². The Morgan fingerprint density at radius 2 is 1.37 bits per heavy atom. The van der Waals surface area contributed by atoms with Crippen LogP contribution < -0.4 is 11.5 Å². The molecule has 0 aliphatic rings. The van der Waals surface area contributed by atoms with Gasteiger partial charge in [-0.1, -0.05) is 39.5 Å². The molecule has 2 aromatic rings. The van der Waals surface area contributed by atoms with Crippen LogP contribution >= 0.6 is 0 Å². The highest BCUT2D eigenvalue weighted by Crippen LogP contribution is 2.31. The molecule has 0 aliphatic heterocycles. The van der Waals surface area contributed by atoms with E-state index in [1.165, 1.54) is 22.3 Å². The van der Waals surface area contributed by atoms with Crippen LogP contribution in [0.3, 0.4) is 0 Å². The van der Waals surface area contributed by atoms with Crippen molar-refractivity contribution in [2.24, 2.45) is 0 Å². The fourth-order valence-electron chi connectivity index (χ4n) is 2.47. The summed E-state index contributed by atoms with van der Waals surface area (Å²) in [6.45, 7) is 4.33. The van der Waals surface area contributed by atoms with Crippen molar-refractivity contribution in [3.63, 3.8) is 0 Å². The first-order valence-corrected chi connectivity index (χ1v) is 6.43. The van der Waals surface area contributed by atoms with Crippen LogP contribution in [0.1, 0.15) is 32.4 Å². The van der Waals surface area contributed by atoms with E-state index < -0.39 is 0 Å². The summed E-state index contributed by atoms with van der Waals surface area (Å²) in [7, 11) is 0. The van der Waals surface area contributed by atoms with Crippen LogP contribution in [-0.2, 0) is 12.8 Å². The molecule has 2 rings (SSSR count). The molecule has 102 valence electrons. The van der Waals surface area contributed by atoms with Crippen LogP contribution in [0.4, 0.5) is 11.4 Å². The maximum absolute atomic E-state index is 6.06. The molecule has 0 amide bonds. The summed E-state index contributed by atoms with van der Waals surface area (Å²) in [6.07, 6.45) is 1.96. The number of nitrogens with two attached hydrogens (primary N) is 2. The van der Waals surface area contributed by atoms with Gasteiger partial charge in [0.2, 0.25) is 0 Å². The van der Waals surface area contributed by atoms with Crippen molar-refractivity contribution in [1.29, 1.82) is 0 Å². The quantitative estimate of drug-likeness (QED) is 0.805. The first-order valence-electron chi connectivity index (χ1n) is 6.43. The van der Waals surface area contributed by atoms with Gasteiger partial charge in [-0.2, -0.15) is 0 Å². The highest BCUT2D eigenvalue weighted by atomic mass is 14.6. The third kappa shape index (κ3) is 2.90. The molecule has 0 radical (unpaired) electrons. The minimum Gasteiger partial charge on any atom is -0.399 e. The second-order valence-corrected chi connectivity index (χ2v) is 4.49. The van der Waals surface area contributed by atoms with Gasteiger partial charge in [0.1, 0.15) is 0 Å². The topological polar surface area (TPSA) is 52.0 Å². The van der Waals surface area contributed by atoms with Crippen molar-refractivity contribution in [1.82, 2.24) is 0 Å². The Labute approximate surface area is 116 Å². The first-order chi connectivity index (χ1) is 8.67. The second-order valence-electron chi connectivity index (χ2n) is 4.49. The van der Waals surface area contributed by atoms with Crippen molar-refractivity contribution >= 4 is 11.4 Å². The van der Waals surface area contributed by atoms with Gasteiger partial charge < -0.3 is 11.5 Å². The maximum atomic E-state index is 6.06. The maximum Gasteiger partial charge on any atom is 0.0349 e. The summed E-state index contributed by atoms with van der Waals surface area (Å²) >= 11 is 0. The van der Waals surface area contributed by atoms with Crippen molar-refractivity contribution in [3.05, 3.63) is 47.5 Å². The molecule has 0 aromatic heterocycles. The van der Waals surface area contributed by atoms with Gasteiger partial charge in [0, 0.05) is 11.4 Å². The Morgan fingerprint density at radius 1 is 0.789 bits per heavy atom. The van der Waals surface area contributed by atoms with Crippen molar-refractivity contribution in [2.75, 3.05) is 11.5 Å². The number of nitrogen functional groups attached to an aromatic ring is 2. The second kappa shape index (κ2) is 6.28. The smallest absolute Gasteiger partial charge is 0.0349 e. The summed E-state index contributed by atoms with van der Waals surface area (Å²) in [5.41, 5.74) is 18.6. The van der Waals surface area contributed by atoms with Crippen molar-refractivity contribution in [2.45, 2.75) is 34.1 Å². The standard InChI is InChI=1S/C16H20N2.CH4/c1-3-13-14(4-2)16(18)10-9-15(13)11-5-7-12(17)8-6-11;/h5-10H,3-4,17-18H2,1-2H3;1H4. The van der Waals surface area contributed by atoms with Crippen LogP contribution in [-0.4, -0.2) is 0 Å². The number of hydrogen-bond donors (Lipinski definition) is 2. The van der Waals surface area contributed by atoms with E-state index in [1.807, 2.05) is 18.2 Å². The van der Waals surface area contributed by atoms with Gasteiger partial charge in [-0.3, -0.25) is 0 Å². The normalized spacial score (nSPS) is 10.0. The molecule has 0 aliphatic carbocycles. The lowest BCUT2D eigenvalue weighted by molar-refractivity contribution is 1.04. The molecule has 0 heterocycles. The molecule has 0 fully saturated rings. The summed E-state index contributed by atoms with van der Waals surface area (Å²) < 4.78 is 0. The van der Waals surface area contributed by atoms with Gasteiger partial charge in [-0.25, -0.2) is 0 Å². The van der Waals surface area contributed by atoms with Crippen LogP contribution in [0, 0.1) is 0 Å². The molecule has 0 unspecified atom stereocenters. The Hall–Kier alpha value is -1.96. The molecule has 0 spiro atoms. The molecule has 2 nitrogen and oxygen atoms in total. The van der Waals surface area contributed by atoms with Crippen molar-refractivity contribution in [3.8, 4) is 11.1 Å². The van der Waals surface area contributed by atoms with Gasteiger partial charge in [0.05, 0.1) is 0 Å². The third-order valence-electron chi connectivity index (χ3n) is 3.40. The zero-order valence-corrected chi connectivity index (χ0v) is 11.0. The Morgan fingerprint density at radius 3 is 1.89 bits per heavy atom. The average Bonchev–Trinajstić information content (AvgIpc) is 2.39. The molecule has 2 heteroatoms. The summed E-state index contributed by atoms with van der Waals surface area (Å²) in [4.78, 5) is 0. The zero-order valence-electron chi connectivity index (χ0n) is 11.0. The molecule has 0 bridgehead atoms. The minimum atomic E-state index is 0. The number of hydrogen-bond acceptors (Lipinski definition) is 2. The van der Waals surface area contributed by atoms with Crippen LogP contribution in [0.5, 0.6) is 0 Å². The molecule has 19 heavy (non-hydrogen) atoms. The Kier molecular flexibility index (Phi) is 4.99. The van der Waals surface area contributed by atoms with Crippen molar-refractivity contribution < 1.29 is 0 Å². The van der Waals surface area contributed by atoms with Crippen LogP contribution in [0.2, 0.25) is 0 Å². The summed E-state index contributed by atoms with van der Waals surface area (Å²) in [5.74, 6) is 0. The molecular weight excluding hydrogens is 232 g/mol. The summed E-state index contributed by atoms with van der Waals surface area (Å²) in [6, 6.07) is 12.1. The molecule has 2 aromatic carbocycles. The molecular formula is C17H24N2. The number of anilines is 2. The largest absolute Gasteiger partial charge is 0.399 e. The third-order valence-corrected chi connectivity index (χ3v) is 3.40. The summed E-state index contributed by atoms with van der Waals surface area (Å²) in [5, 5.41) is 0. The zero-order chi connectivity index (χ0) is 13.1. The fraction of sp³-hybridized carbons (Fsp3) is 0.294. The average molecular weight is 256 g/mol.